The van der Waals surface area contributed by atoms with Crippen LogP contribution in [0.25, 0.3) is 0 Å². The molecule has 1 N–H and O–H groups in total. The zero-order valence-electron chi connectivity index (χ0n) is 13.1. The van der Waals surface area contributed by atoms with Gasteiger partial charge in [-0.15, -0.1) is 5.10 Å². The predicted octanol–water partition coefficient (Wildman–Crippen LogP) is 0.248. The highest BCUT2D eigenvalue weighted by Gasteiger charge is 2.36. The number of nitrogens with one attached hydrogen (secondary N) is 1. The first kappa shape index (κ1) is 16.0. The summed E-state index contributed by atoms with van der Waals surface area (Å²) in [6.45, 7) is 5.46. The second-order valence-electron chi connectivity index (χ2n) is 5.87. The number of sulfone groups is 1. The molecule has 0 spiro atoms. The van der Waals surface area contributed by atoms with E-state index in [9.17, 15) is 8.42 Å². The van der Waals surface area contributed by atoms with Crippen molar-refractivity contribution in [3.63, 3.8) is 0 Å². The number of hydrogen-bond acceptors (Lipinski definition) is 7. The van der Waals surface area contributed by atoms with Gasteiger partial charge >= 0.3 is 0 Å². The molecule has 1 aromatic heterocycles. The fourth-order valence-electron chi connectivity index (χ4n) is 2.54. The molecular weight excluding hydrogens is 318 g/mol. The molecule has 8 nitrogen and oxygen atoms in total. The van der Waals surface area contributed by atoms with Gasteiger partial charge in [0.25, 0.3) is 0 Å². The van der Waals surface area contributed by atoms with Gasteiger partial charge in [0.05, 0.1) is 18.1 Å². The third kappa shape index (κ3) is 3.26. The van der Waals surface area contributed by atoms with Crippen molar-refractivity contribution < 1.29 is 13.2 Å². The predicted molar refractivity (Wildman–Crippen MR) is 82.4 cm³/mol. The Morgan fingerprint density at radius 1 is 1.35 bits per heavy atom. The SMILES string of the molecule is Cc1ccc(S(=O)(=O)Cn2nnnc2[C@@]2(C)COCCN2)cc1. The molecule has 1 fully saturated rings. The van der Waals surface area contributed by atoms with E-state index in [2.05, 4.69) is 20.8 Å². The Bertz CT molecular complexity index is 779. The molecule has 1 aliphatic rings. The van der Waals surface area contributed by atoms with Crippen LogP contribution in [0.1, 0.15) is 18.3 Å². The molecule has 2 heterocycles. The van der Waals surface area contributed by atoms with Crippen LogP contribution in [0.15, 0.2) is 29.2 Å². The van der Waals surface area contributed by atoms with Crippen LogP contribution in [0.3, 0.4) is 0 Å². The maximum absolute atomic E-state index is 12.6. The molecule has 1 aliphatic heterocycles. The highest BCUT2D eigenvalue weighted by atomic mass is 32.2. The normalized spacial score (nSPS) is 22.2. The number of ether oxygens (including phenoxy) is 1. The number of rotatable bonds is 4. The molecular formula is C14H19N5O3S. The summed E-state index contributed by atoms with van der Waals surface area (Å²) in [6.07, 6.45) is 0. The fraction of sp³-hybridized carbons (Fsp3) is 0.500. The van der Waals surface area contributed by atoms with E-state index >= 15 is 0 Å². The van der Waals surface area contributed by atoms with Crippen LogP contribution >= 0.6 is 0 Å². The molecule has 0 bridgehead atoms. The number of aryl methyl sites for hydroxylation is 1. The Morgan fingerprint density at radius 2 is 2.09 bits per heavy atom. The van der Waals surface area contributed by atoms with Crippen molar-refractivity contribution in [2.45, 2.75) is 30.2 Å². The van der Waals surface area contributed by atoms with Gasteiger partial charge in [0.2, 0.25) is 0 Å². The average molecular weight is 337 g/mol. The number of nitrogens with zero attached hydrogens (tertiary/aromatic N) is 4. The van der Waals surface area contributed by atoms with Crippen LogP contribution in [-0.4, -0.2) is 48.4 Å². The van der Waals surface area contributed by atoms with E-state index in [1.54, 1.807) is 24.3 Å². The van der Waals surface area contributed by atoms with E-state index < -0.39 is 15.4 Å². The smallest absolute Gasteiger partial charge is 0.198 e. The van der Waals surface area contributed by atoms with Crippen LogP contribution in [-0.2, 0) is 26.0 Å². The summed E-state index contributed by atoms with van der Waals surface area (Å²) in [7, 11) is -3.54. The Morgan fingerprint density at radius 3 is 2.74 bits per heavy atom. The summed E-state index contributed by atoms with van der Waals surface area (Å²) in [5.41, 5.74) is 0.396. The average Bonchev–Trinajstić information content (AvgIpc) is 2.97. The number of hydrogen-bond donors (Lipinski definition) is 1. The topological polar surface area (TPSA) is 99.0 Å². The van der Waals surface area contributed by atoms with Gasteiger partial charge in [0.1, 0.15) is 5.54 Å². The van der Waals surface area contributed by atoms with E-state index in [0.29, 0.717) is 25.6 Å². The summed E-state index contributed by atoms with van der Waals surface area (Å²) in [6, 6.07) is 6.73. The van der Waals surface area contributed by atoms with Crippen LogP contribution in [0, 0.1) is 6.92 Å². The third-order valence-electron chi connectivity index (χ3n) is 3.85. The van der Waals surface area contributed by atoms with Crippen LogP contribution in [0.4, 0.5) is 0 Å². The molecule has 0 unspecified atom stereocenters. The van der Waals surface area contributed by atoms with Crippen molar-refractivity contribution in [1.29, 1.82) is 0 Å². The first-order valence-electron chi connectivity index (χ1n) is 7.30. The largest absolute Gasteiger partial charge is 0.378 e. The summed E-state index contributed by atoms with van der Waals surface area (Å²) >= 11 is 0. The lowest BCUT2D eigenvalue weighted by Crippen LogP contribution is -2.51. The van der Waals surface area contributed by atoms with E-state index in [-0.39, 0.29) is 10.8 Å². The molecule has 1 atom stereocenters. The Balaban J connectivity index is 1.89. The molecule has 0 radical (unpaired) electrons. The molecule has 9 heteroatoms. The van der Waals surface area contributed by atoms with Crippen molar-refractivity contribution in [3.8, 4) is 0 Å². The lowest BCUT2D eigenvalue weighted by Gasteiger charge is -2.33. The fourth-order valence-corrected chi connectivity index (χ4v) is 3.73. The van der Waals surface area contributed by atoms with Gasteiger partial charge < -0.3 is 10.1 Å². The summed E-state index contributed by atoms with van der Waals surface area (Å²) in [5, 5.41) is 14.8. The standard InChI is InChI=1S/C14H19N5O3S/c1-11-3-5-12(6-4-11)23(20,21)10-19-13(16-17-18-19)14(2)9-22-8-7-15-14/h3-6,15H,7-10H2,1-2H3/t14-/m1/s1. The Labute approximate surface area is 134 Å². The van der Waals surface area contributed by atoms with Crippen LogP contribution in [0.2, 0.25) is 0 Å². The minimum atomic E-state index is -3.54. The highest BCUT2D eigenvalue weighted by Crippen LogP contribution is 2.22. The molecule has 23 heavy (non-hydrogen) atoms. The van der Waals surface area contributed by atoms with Gasteiger partial charge in [-0.2, -0.15) is 0 Å². The second kappa shape index (κ2) is 5.99. The monoisotopic (exact) mass is 337 g/mol. The molecule has 1 saturated heterocycles. The van der Waals surface area contributed by atoms with Gasteiger partial charge in [-0.05, 0) is 36.4 Å². The highest BCUT2D eigenvalue weighted by molar-refractivity contribution is 7.90. The van der Waals surface area contributed by atoms with Crippen molar-refractivity contribution in [3.05, 3.63) is 35.7 Å². The van der Waals surface area contributed by atoms with E-state index in [4.69, 9.17) is 4.74 Å². The van der Waals surface area contributed by atoms with Crippen LogP contribution in [0.5, 0.6) is 0 Å². The lowest BCUT2D eigenvalue weighted by atomic mass is 10.0. The van der Waals surface area contributed by atoms with E-state index in [1.165, 1.54) is 4.68 Å². The molecule has 2 aromatic rings. The van der Waals surface area contributed by atoms with Gasteiger partial charge in [0.15, 0.2) is 21.5 Å². The van der Waals surface area contributed by atoms with Gasteiger partial charge in [-0.25, -0.2) is 13.1 Å². The molecule has 0 amide bonds. The number of benzene rings is 1. The Kier molecular flexibility index (Phi) is 4.17. The van der Waals surface area contributed by atoms with Gasteiger partial charge in [-0.3, -0.25) is 0 Å². The lowest BCUT2D eigenvalue weighted by molar-refractivity contribution is 0.0282. The third-order valence-corrected chi connectivity index (χ3v) is 5.42. The summed E-state index contributed by atoms with van der Waals surface area (Å²) < 4.78 is 32.0. The molecule has 0 aliphatic carbocycles. The first-order chi connectivity index (χ1) is 10.9. The first-order valence-corrected chi connectivity index (χ1v) is 8.95. The summed E-state index contributed by atoms with van der Waals surface area (Å²) in [5.74, 6) is 0.142. The maximum atomic E-state index is 12.6. The number of tetrazole rings is 1. The molecule has 0 saturated carbocycles. The maximum Gasteiger partial charge on any atom is 0.198 e. The minimum absolute atomic E-state index is 0.252. The van der Waals surface area contributed by atoms with E-state index in [1.807, 2.05) is 13.8 Å². The molecule has 3 rings (SSSR count). The summed E-state index contributed by atoms with van der Waals surface area (Å²) in [4.78, 5) is 0.252. The Hall–Kier alpha value is -1.84. The van der Waals surface area contributed by atoms with Crippen molar-refractivity contribution in [2.24, 2.45) is 0 Å². The quantitative estimate of drug-likeness (QED) is 0.853. The van der Waals surface area contributed by atoms with E-state index in [0.717, 1.165) is 5.56 Å². The molecule has 1 aromatic carbocycles. The zero-order chi connectivity index (χ0) is 16.5. The van der Waals surface area contributed by atoms with Gasteiger partial charge in [-0.1, -0.05) is 17.7 Å². The number of aromatic nitrogens is 4. The molecule has 124 valence electrons. The second-order valence-corrected chi connectivity index (χ2v) is 7.83. The van der Waals surface area contributed by atoms with Crippen molar-refractivity contribution >= 4 is 9.84 Å². The minimum Gasteiger partial charge on any atom is -0.378 e. The van der Waals surface area contributed by atoms with Crippen molar-refractivity contribution in [2.75, 3.05) is 19.8 Å². The zero-order valence-corrected chi connectivity index (χ0v) is 13.9. The number of morpholine rings is 1. The van der Waals surface area contributed by atoms with Crippen molar-refractivity contribution in [1.82, 2.24) is 25.5 Å². The van der Waals surface area contributed by atoms with Gasteiger partial charge in [0, 0.05) is 6.54 Å². The van der Waals surface area contributed by atoms with Crippen LogP contribution < -0.4 is 5.32 Å².